The maximum atomic E-state index is 13.7. The smallest absolute Gasteiger partial charge is 0.167 e. The third-order valence-electron chi connectivity index (χ3n) is 3.44. The molecule has 3 N–H and O–H groups in total. The van der Waals surface area contributed by atoms with Crippen molar-refractivity contribution in [3.05, 3.63) is 17.9 Å². The van der Waals surface area contributed by atoms with Crippen LogP contribution in [0.4, 0.5) is 15.8 Å². The van der Waals surface area contributed by atoms with Gasteiger partial charge in [0.1, 0.15) is 0 Å². The summed E-state index contributed by atoms with van der Waals surface area (Å²) in [5, 5.41) is 9.37. The zero-order chi connectivity index (χ0) is 13.8. The number of hydrogen-bond acceptors (Lipinski definition) is 4. The average molecular weight is 268 g/mol. The van der Waals surface area contributed by atoms with E-state index in [1.165, 1.54) is 6.07 Å². The first kappa shape index (κ1) is 13.9. The molecule has 1 aromatic carbocycles. The van der Waals surface area contributed by atoms with Gasteiger partial charge in [-0.3, -0.25) is 0 Å². The van der Waals surface area contributed by atoms with Gasteiger partial charge in [-0.1, -0.05) is 6.92 Å². The van der Waals surface area contributed by atoms with Gasteiger partial charge >= 0.3 is 0 Å². The number of aliphatic hydroxyl groups excluding tert-OH is 1. The minimum Gasteiger partial charge on any atom is -0.490 e. The maximum absolute atomic E-state index is 13.7. The molecule has 1 aliphatic heterocycles. The van der Waals surface area contributed by atoms with Crippen LogP contribution in [0.2, 0.25) is 0 Å². The molecule has 5 heteroatoms. The predicted octanol–water partition coefficient (Wildman–Crippen LogP) is 2.16. The van der Waals surface area contributed by atoms with Crippen LogP contribution < -0.4 is 15.4 Å². The molecule has 1 aromatic rings. The Kier molecular flexibility index (Phi) is 4.47. The van der Waals surface area contributed by atoms with Crippen molar-refractivity contribution in [2.75, 3.05) is 30.4 Å². The van der Waals surface area contributed by atoms with Crippen LogP contribution in [0.3, 0.4) is 0 Å². The number of nitrogens with zero attached hydrogens (tertiary/aromatic N) is 1. The van der Waals surface area contributed by atoms with Gasteiger partial charge in [-0.25, -0.2) is 4.39 Å². The van der Waals surface area contributed by atoms with Gasteiger partial charge < -0.3 is 20.5 Å². The number of anilines is 2. The highest BCUT2D eigenvalue weighted by Gasteiger charge is 2.26. The quantitative estimate of drug-likeness (QED) is 0.803. The molecule has 1 unspecified atom stereocenters. The lowest BCUT2D eigenvalue weighted by Gasteiger charge is -2.27. The van der Waals surface area contributed by atoms with Crippen molar-refractivity contribution < 1.29 is 14.2 Å². The second-order valence-electron chi connectivity index (χ2n) is 4.86. The van der Waals surface area contributed by atoms with Crippen LogP contribution in [0.25, 0.3) is 0 Å². The standard InChI is InChI=1S/C14H21FN2O2/c1-2-6-19-14-8-13(12(16)7-11(14)15)17-5-3-4-10(17)9-18/h7-8,10,18H,2-6,9,16H2,1H3. The van der Waals surface area contributed by atoms with Crippen LogP contribution in [0.1, 0.15) is 26.2 Å². The van der Waals surface area contributed by atoms with Crippen molar-refractivity contribution in [2.45, 2.75) is 32.2 Å². The number of nitrogens with two attached hydrogens (primary N) is 1. The van der Waals surface area contributed by atoms with Crippen LogP contribution >= 0.6 is 0 Å². The Morgan fingerprint density at radius 3 is 3.00 bits per heavy atom. The summed E-state index contributed by atoms with van der Waals surface area (Å²) in [6.07, 6.45) is 2.76. The van der Waals surface area contributed by atoms with Gasteiger partial charge in [0.25, 0.3) is 0 Å². The van der Waals surface area contributed by atoms with Crippen LogP contribution in [0, 0.1) is 5.82 Å². The lowest BCUT2D eigenvalue weighted by Crippen LogP contribution is -2.32. The molecule has 0 amide bonds. The summed E-state index contributed by atoms with van der Waals surface area (Å²) in [6, 6.07) is 3.01. The first-order valence-corrected chi connectivity index (χ1v) is 6.76. The molecule has 0 aliphatic carbocycles. The van der Waals surface area contributed by atoms with E-state index in [-0.39, 0.29) is 18.4 Å². The van der Waals surface area contributed by atoms with Crippen molar-refractivity contribution in [2.24, 2.45) is 0 Å². The topological polar surface area (TPSA) is 58.7 Å². The minimum atomic E-state index is -0.436. The van der Waals surface area contributed by atoms with E-state index in [0.29, 0.717) is 12.3 Å². The summed E-state index contributed by atoms with van der Waals surface area (Å²) in [5.41, 5.74) is 7.04. The Bertz CT molecular complexity index is 440. The van der Waals surface area contributed by atoms with E-state index in [9.17, 15) is 9.50 Å². The summed E-state index contributed by atoms with van der Waals surface area (Å²) in [4.78, 5) is 2.04. The molecule has 4 nitrogen and oxygen atoms in total. The van der Waals surface area contributed by atoms with Crippen LogP contribution in [-0.2, 0) is 0 Å². The molecule has 19 heavy (non-hydrogen) atoms. The average Bonchev–Trinajstić information content (AvgIpc) is 2.86. The molecule has 0 radical (unpaired) electrons. The molecule has 1 fully saturated rings. The van der Waals surface area contributed by atoms with Crippen molar-refractivity contribution in [3.63, 3.8) is 0 Å². The highest BCUT2D eigenvalue weighted by Crippen LogP contribution is 2.35. The third-order valence-corrected chi connectivity index (χ3v) is 3.44. The zero-order valence-corrected chi connectivity index (χ0v) is 11.2. The second kappa shape index (κ2) is 6.10. The molecular formula is C14H21FN2O2. The molecular weight excluding hydrogens is 247 g/mol. The van der Waals surface area contributed by atoms with E-state index in [4.69, 9.17) is 10.5 Å². The van der Waals surface area contributed by atoms with E-state index in [2.05, 4.69) is 0 Å². The maximum Gasteiger partial charge on any atom is 0.167 e. The first-order valence-electron chi connectivity index (χ1n) is 6.76. The number of rotatable bonds is 5. The molecule has 1 saturated heterocycles. The van der Waals surface area contributed by atoms with Crippen molar-refractivity contribution in [1.29, 1.82) is 0 Å². The summed E-state index contributed by atoms with van der Waals surface area (Å²) in [5.74, 6) is -0.205. The fourth-order valence-corrected chi connectivity index (χ4v) is 2.47. The highest BCUT2D eigenvalue weighted by molar-refractivity contribution is 5.70. The number of benzene rings is 1. The van der Waals surface area contributed by atoms with E-state index in [0.717, 1.165) is 31.5 Å². The van der Waals surface area contributed by atoms with Gasteiger partial charge in [-0.15, -0.1) is 0 Å². The summed E-state index contributed by atoms with van der Waals surface area (Å²) in [7, 11) is 0. The van der Waals surface area contributed by atoms with E-state index in [1.807, 2.05) is 11.8 Å². The Hall–Kier alpha value is -1.49. The number of nitrogen functional groups attached to an aromatic ring is 1. The largest absolute Gasteiger partial charge is 0.490 e. The molecule has 0 saturated carbocycles. The van der Waals surface area contributed by atoms with E-state index in [1.54, 1.807) is 6.07 Å². The van der Waals surface area contributed by atoms with Gasteiger partial charge in [0.15, 0.2) is 11.6 Å². The fraction of sp³-hybridized carbons (Fsp3) is 0.571. The second-order valence-corrected chi connectivity index (χ2v) is 4.86. The lowest BCUT2D eigenvalue weighted by atomic mass is 10.2. The Balaban J connectivity index is 2.28. The van der Waals surface area contributed by atoms with Crippen LogP contribution in [-0.4, -0.2) is 30.9 Å². The van der Waals surface area contributed by atoms with Crippen molar-refractivity contribution >= 4 is 11.4 Å². The van der Waals surface area contributed by atoms with Gasteiger partial charge in [-0.2, -0.15) is 0 Å². The molecule has 0 spiro atoms. The number of halogens is 1. The van der Waals surface area contributed by atoms with Gasteiger partial charge in [0, 0.05) is 18.7 Å². The first-order chi connectivity index (χ1) is 9.17. The highest BCUT2D eigenvalue weighted by atomic mass is 19.1. The van der Waals surface area contributed by atoms with Crippen LogP contribution in [0.15, 0.2) is 12.1 Å². The summed E-state index contributed by atoms with van der Waals surface area (Å²) in [6.45, 7) is 3.36. The Morgan fingerprint density at radius 1 is 1.53 bits per heavy atom. The van der Waals surface area contributed by atoms with E-state index >= 15 is 0 Å². The molecule has 0 bridgehead atoms. The summed E-state index contributed by atoms with van der Waals surface area (Å²) >= 11 is 0. The van der Waals surface area contributed by atoms with Gasteiger partial charge in [0.2, 0.25) is 0 Å². The molecule has 0 aromatic heterocycles. The number of ether oxygens (including phenoxy) is 1. The fourth-order valence-electron chi connectivity index (χ4n) is 2.47. The monoisotopic (exact) mass is 268 g/mol. The molecule has 1 aliphatic rings. The summed E-state index contributed by atoms with van der Waals surface area (Å²) < 4.78 is 19.1. The van der Waals surface area contributed by atoms with Crippen molar-refractivity contribution in [1.82, 2.24) is 0 Å². The van der Waals surface area contributed by atoms with Gasteiger partial charge in [-0.05, 0) is 19.3 Å². The van der Waals surface area contributed by atoms with Gasteiger partial charge in [0.05, 0.1) is 30.6 Å². The molecule has 106 valence electrons. The molecule has 1 atom stereocenters. The van der Waals surface area contributed by atoms with E-state index < -0.39 is 5.82 Å². The molecule has 2 rings (SSSR count). The van der Waals surface area contributed by atoms with Crippen LogP contribution in [0.5, 0.6) is 5.75 Å². The Morgan fingerprint density at radius 2 is 2.32 bits per heavy atom. The third kappa shape index (κ3) is 2.92. The lowest BCUT2D eigenvalue weighted by molar-refractivity contribution is 0.266. The number of hydrogen-bond donors (Lipinski definition) is 2. The SMILES string of the molecule is CCCOc1cc(N2CCCC2CO)c(N)cc1F. The minimum absolute atomic E-state index is 0.0618. The normalized spacial score (nSPS) is 18.9. The molecule has 1 heterocycles. The van der Waals surface area contributed by atoms with Crippen molar-refractivity contribution in [3.8, 4) is 5.75 Å². The predicted molar refractivity (Wildman–Crippen MR) is 74.1 cm³/mol. The Labute approximate surface area is 113 Å². The number of aliphatic hydroxyl groups is 1. The zero-order valence-electron chi connectivity index (χ0n) is 11.2.